The highest BCUT2D eigenvalue weighted by atomic mass is 16.6. The Labute approximate surface area is 132 Å². The molecule has 0 radical (unpaired) electrons. The summed E-state index contributed by atoms with van der Waals surface area (Å²) in [4.78, 5) is 14.2. The molecule has 5 nitrogen and oxygen atoms in total. The van der Waals surface area contributed by atoms with Gasteiger partial charge in [0.2, 0.25) is 0 Å². The monoisotopic (exact) mass is 306 g/mol. The molecule has 2 unspecified atom stereocenters. The second-order valence-corrected chi connectivity index (χ2v) is 5.70. The molecule has 1 aliphatic rings. The van der Waals surface area contributed by atoms with Crippen molar-refractivity contribution in [3.63, 3.8) is 0 Å². The maximum atomic E-state index is 12.4. The van der Waals surface area contributed by atoms with Crippen LogP contribution in [0.3, 0.4) is 0 Å². The maximum absolute atomic E-state index is 12.4. The van der Waals surface area contributed by atoms with Crippen LogP contribution in [0.1, 0.15) is 31.2 Å². The number of hydrogen-bond acceptors (Lipinski definition) is 4. The van der Waals surface area contributed by atoms with Gasteiger partial charge in [-0.25, -0.2) is 4.79 Å². The number of aliphatic hydroxyl groups excluding tert-OH is 1. The summed E-state index contributed by atoms with van der Waals surface area (Å²) < 4.78 is 5.47. The minimum Gasteiger partial charge on any atom is -0.445 e. The molecule has 1 aromatic carbocycles. The summed E-state index contributed by atoms with van der Waals surface area (Å²) in [7, 11) is 1.88. The van der Waals surface area contributed by atoms with Crippen LogP contribution in [0.25, 0.3) is 0 Å². The molecular formula is C17H26N2O3. The predicted octanol–water partition coefficient (Wildman–Crippen LogP) is 2.15. The zero-order chi connectivity index (χ0) is 15.8. The van der Waals surface area contributed by atoms with Crippen LogP contribution in [-0.4, -0.2) is 48.4 Å². The van der Waals surface area contributed by atoms with Crippen molar-refractivity contribution in [3.8, 4) is 0 Å². The number of hydrogen-bond donors (Lipinski definition) is 2. The number of likely N-dealkylation sites (tertiary alicyclic amines) is 1. The van der Waals surface area contributed by atoms with Crippen molar-refractivity contribution in [1.82, 2.24) is 10.2 Å². The van der Waals surface area contributed by atoms with Crippen LogP contribution in [0.5, 0.6) is 0 Å². The number of nitrogens with one attached hydrogen (secondary N) is 1. The summed E-state index contributed by atoms with van der Waals surface area (Å²) in [6.07, 6.45) is 3.45. The van der Waals surface area contributed by atoms with Crippen LogP contribution in [-0.2, 0) is 11.3 Å². The van der Waals surface area contributed by atoms with Crippen LogP contribution in [0.15, 0.2) is 30.3 Å². The van der Waals surface area contributed by atoms with E-state index in [0.29, 0.717) is 13.0 Å². The lowest BCUT2D eigenvalue weighted by atomic mass is 9.94. The number of carbonyl (C=O) groups excluding carboxylic acids is 1. The molecule has 0 aliphatic carbocycles. The minimum absolute atomic E-state index is 0.0918. The molecule has 2 rings (SSSR count). The summed E-state index contributed by atoms with van der Waals surface area (Å²) in [5, 5.41) is 12.4. The van der Waals surface area contributed by atoms with E-state index in [1.807, 2.05) is 42.3 Å². The van der Waals surface area contributed by atoms with E-state index in [2.05, 4.69) is 5.32 Å². The fraction of sp³-hybridized carbons (Fsp3) is 0.588. The van der Waals surface area contributed by atoms with E-state index in [0.717, 1.165) is 31.4 Å². The molecule has 22 heavy (non-hydrogen) atoms. The molecule has 1 saturated heterocycles. The molecule has 1 heterocycles. The summed E-state index contributed by atoms with van der Waals surface area (Å²) in [5.41, 5.74) is 0.991. The van der Waals surface area contributed by atoms with Crippen molar-refractivity contribution < 1.29 is 14.6 Å². The lowest BCUT2D eigenvalue weighted by Gasteiger charge is -2.39. The van der Waals surface area contributed by atoms with Crippen LogP contribution in [0, 0.1) is 0 Å². The molecule has 122 valence electrons. The Morgan fingerprint density at radius 3 is 2.86 bits per heavy atom. The zero-order valence-electron chi connectivity index (χ0n) is 13.2. The molecule has 2 atom stereocenters. The zero-order valence-corrected chi connectivity index (χ0v) is 13.2. The Morgan fingerprint density at radius 2 is 2.18 bits per heavy atom. The van der Waals surface area contributed by atoms with E-state index in [9.17, 15) is 9.90 Å². The normalized spacial score (nSPS) is 19.7. The first-order chi connectivity index (χ1) is 10.8. The van der Waals surface area contributed by atoms with Gasteiger partial charge in [-0.3, -0.25) is 0 Å². The fourth-order valence-electron chi connectivity index (χ4n) is 3.07. The van der Waals surface area contributed by atoms with Crippen LogP contribution in [0.2, 0.25) is 0 Å². The van der Waals surface area contributed by atoms with E-state index in [-0.39, 0.29) is 24.8 Å². The highest BCUT2D eigenvalue weighted by molar-refractivity contribution is 5.68. The molecule has 2 N–H and O–H groups in total. The summed E-state index contributed by atoms with van der Waals surface area (Å²) in [6, 6.07) is 9.91. The van der Waals surface area contributed by atoms with Crippen molar-refractivity contribution in [2.45, 2.75) is 44.4 Å². The van der Waals surface area contributed by atoms with Gasteiger partial charge in [-0.15, -0.1) is 0 Å². The number of nitrogens with zero attached hydrogens (tertiary/aromatic N) is 1. The van der Waals surface area contributed by atoms with Gasteiger partial charge in [-0.1, -0.05) is 30.3 Å². The Morgan fingerprint density at radius 1 is 1.41 bits per heavy atom. The average molecular weight is 306 g/mol. The van der Waals surface area contributed by atoms with Gasteiger partial charge in [0.25, 0.3) is 0 Å². The topological polar surface area (TPSA) is 61.8 Å². The van der Waals surface area contributed by atoms with Crippen LogP contribution >= 0.6 is 0 Å². The Balaban J connectivity index is 1.95. The van der Waals surface area contributed by atoms with Crippen molar-refractivity contribution in [2.75, 3.05) is 20.2 Å². The van der Waals surface area contributed by atoms with Crippen molar-refractivity contribution >= 4 is 6.09 Å². The van der Waals surface area contributed by atoms with E-state index in [1.165, 1.54) is 0 Å². The highest BCUT2D eigenvalue weighted by Gasteiger charge is 2.32. The molecule has 5 heteroatoms. The first-order valence-corrected chi connectivity index (χ1v) is 8.01. The van der Waals surface area contributed by atoms with Crippen molar-refractivity contribution in [3.05, 3.63) is 35.9 Å². The summed E-state index contributed by atoms with van der Waals surface area (Å²) in [5.74, 6) is 0. The SMILES string of the molecule is CNC(CCO)C1CCCCN1C(=O)OCc1ccccc1. The van der Waals surface area contributed by atoms with Crippen molar-refractivity contribution in [1.29, 1.82) is 0 Å². The number of aliphatic hydroxyl groups is 1. The second-order valence-electron chi connectivity index (χ2n) is 5.70. The summed E-state index contributed by atoms with van der Waals surface area (Å²) >= 11 is 0. The van der Waals surface area contributed by atoms with E-state index in [1.54, 1.807) is 0 Å². The molecule has 0 aromatic heterocycles. The molecule has 0 saturated carbocycles. The van der Waals surface area contributed by atoms with Gasteiger partial charge >= 0.3 is 6.09 Å². The van der Waals surface area contributed by atoms with Crippen LogP contribution < -0.4 is 5.32 Å². The third-order valence-corrected chi connectivity index (χ3v) is 4.26. The van der Waals surface area contributed by atoms with E-state index < -0.39 is 0 Å². The van der Waals surface area contributed by atoms with Crippen molar-refractivity contribution in [2.24, 2.45) is 0 Å². The number of carbonyl (C=O) groups is 1. The number of piperidine rings is 1. The van der Waals surface area contributed by atoms with Gasteiger partial charge in [0.1, 0.15) is 6.61 Å². The quantitative estimate of drug-likeness (QED) is 0.845. The minimum atomic E-state index is -0.258. The third kappa shape index (κ3) is 4.45. The molecule has 0 spiro atoms. The largest absolute Gasteiger partial charge is 0.445 e. The maximum Gasteiger partial charge on any atom is 0.410 e. The molecule has 1 fully saturated rings. The van der Waals surface area contributed by atoms with Gasteiger partial charge < -0.3 is 20.1 Å². The van der Waals surface area contributed by atoms with Crippen LogP contribution in [0.4, 0.5) is 4.79 Å². The smallest absolute Gasteiger partial charge is 0.410 e. The second kappa shape index (κ2) is 8.76. The summed E-state index contributed by atoms with van der Waals surface area (Å²) in [6.45, 7) is 1.14. The molecule has 1 aromatic rings. The van der Waals surface area contributed by atoms with Gasteiger partial charge in [-0.2, -0.15) is 0 Å². The number of ether oxygens (including phenoxy) is 1. The third-order valence-electron chi connectivity index (χ3n) is 4.26. The Hall–Kier alpha value is -1.59. The first kappa shape index (κ1) is 16.8. The molecule has 1 aliphatic heterocycles. The number of rotatable bonds is 6. The standard InChI is InChI=1S/C17H26N2O3/c1-18-15(10-12-20)16-9-5-6-11-19(16)17(21)22-13-14-7-3-2-4-8-14/h2-4,7-8,15-16,18,20H,5-6,9-13H2,1H3. The predicted molar refractivity (Wildman–Crippen MR) is 85.5 cm³/mol. The molecule has 1 amide bonds. The number of benzene rings is 1. The first-order valence-electron chi connectivity index (χ1n) is 8.01. The van der Waals surface area contributed by atoms with Gasteiger partial charge in [0, 0.05) is 19.2 Å². The highest BCUT2D eigenvalue weighted by Crippen LogP contribution is 2.22. The lowest BCUT2D eigenvalue weighted by Crippen LogP contribution is -2.54. The number of amides is 1. The lowest BCUT2D eigenvalue weighted by molar-refractivity contribution is 0.0550. The Bertz CT molecular complexity index is 452. The van der Waals surface area contributed by atoms with E-state index >= 15 is 0 Å². The molecular weight excluding hydrogens is 280 g/mol. The molecule has 0 bridgehead atoms. The van der Waals surface area contributed by atoms with Gasteiger partial charge in [0.05, 0.1) is 6.04 Å². The van der Waals surface area contributed by atoms with Gasteiger partial charge in [-0.05, 0) is 38.3 Å². The van der Waals surface area contributed by atoms with Gasteiger partial charge in [0.15, 0.2) is 0 Å². The van der Waals surface area contributed by atoms with E-state index in [4.69, 9.17) is 4.74 Å². The number of likely N-dealkylation sites (N-methyl/N-ethyl adjacent to an activating group) is 1. The fourth-order valence-corrected chi connectivity index (χ4v) is 3.07. The average Bonchev–Trinajstić information content (AvgIpc) is 2.58. The Kier molecular flexibility index (Phi) is 6.68.